The minimum Gasteiger partial charge on any atom is -0.396 e. The highest BCUT2D eigenvalue weighted by molar-refractivity contribution is 6.31. The fourth-order valence-corrected chi connectivity index (χ4v) is 5.64. The van der Waals surface area contributed by atoms with Crippen LogP contribution in [0, 0.1) is 11.8 Å². The Morgan fingerprint density at radius 3 is 2.60 bits per heavy atom. The first-order valence-electron chi connectivity index (χ1n) is 11.3. The first-order chi connectivity index (χ1) is 16.9. The largest absolute Gasteiger partial charge is 0.396 e. The average Bonchev–Trinajstić information content (AvgIpc) is 3.39. The van der Waals surface area contributed by atoms with Crippen molar-refractivity contribution in [3.8, 4) is 11.1 Å². The summed E-state index contributed by atoms with van der Waals surface area (Å²) in [6, 6.07) is 9.35. The minimum atomic E-state index is -0.860. The van der Waals surface area contributed by atoms with Crippen LogP contribution >= 0.6 is 11.6 Å². The van der Waals surface area contributed by atoms with Crippen LogP contribution in [0.5, 0.6) is 0 Å². The van der Waals surface area contributed by atoms with Gasteiger partial charge in [-0.25, -0.2) is 9.97 Å². The molecule has 2 N–H and O–H groups in total. The van der Waals surface area contributed by atoms with Gasteiger partial charge in [0.25, 0.3) is 5.56 Å². The third kappa shape index (κ3) is 3.90. The number of hydrogen-bond acceptors (Lipinski definition) is 6. The van der Waals surface area contributed by atoms with Crippen molar-refractivity contribution in [3.63, 3.8) is 0 Å². The van der Waals surface area contributed by atoms with E-state index in [2.05, 4.69) is 15.3 Å². The maximum Gasteiger partial charge on any atom is 0.258 e. The summed E-state index contributed by atoms with van der Waals surface area (Å²) in [5, 5.41) is 13.7. The van der Waals surface area contributed by atoms with E-state index in [0.717, 1.165) is 5.56 Å². The van der Waals surface area contributed by atoms with E-state index in [1.807, 2.05) is 18.2 Å². The molecule has 0 radical (unpaired) electrons. The van der Waals surface area contributed by atoms with Crippen molar-refractivity contribution in [2.45, 2.75) is 32.1 Å². The van der Waals surface area contributed by atoms with Crippen molar-refractivity contribution >= 4 is 23.4 Å². The molecular formula is C25H24ClN5O4. The topological polar surface area (TPSA) is 117 Å². The average molecular weight is 494 g/mol. The van der Waals surface area contributed by atoms with E-state index in [1.54, 1.807) is 35.2 Å². The number of nitrogens with zero attached hydrogens (tertiary/aromatic N) is 4. The number of pyridine rings is 1. The number of fused-ring (bicyclic) bond motifs is 3. The second-order valence-corrected chi connectivity index (χ2v) is 9.26. The zero-order chi connectivity index (χ0) is 24.7. The Morgan fingerprint density at radius 1 is 1.17 bits per heavy atom. The van der Waals surface area contributed by atoms with Gasteiger partial charge in [0.1, 0.15) is 12.4 Å². The van der Waals surface area contributed by atoms with Gasteiger partial charge in [0, 0.05) is 67.1 Å². The molecule has 1 fully saturated rings. The molecule has 9 nitrogen and oxygen atoms in total. The number of carbonyl (C=O) groups is 2. The minimum absolute atomic E-state index is 0.201. The van der Waals surface area contributed by atoms with Gasteiger partial charge in [-0.1, -0.05) is 29.8 Å². The summed E-state index contributed by atoms with van der Waals surface area (Å²) in [5.74, 6) is -1.47. The normalized spacial score (nSPS) is 22.5. The maximum atomic E-state index is 13.3. The Balaban J connectivity index is 1.48. The molecule has 0 aliphatic carbocycles. The van der Waals surface area contributed by atoms with Gasteiger partial charge in [0.2, 0.25) is 11.8 Å². The maximum absolute atomic E-state index is 13.3. The number of aliphatic hydroxyl groups is 1. The third-order valence-corrected chi connectivity index (χ3v) is 7.36. The van der Waals surface area contributed by atoms with Crippen molar-refractivity contribution in [2.75, 3.05) is 6.61 Å². The number of benzene rings is 1. The van der Waals surface area contributed by atoms with Crippen LogP contribution < -0.4 is 10.9 Å². The Hall–Kier alpha value is -3.56. The van der Waals surface area contributed by atoms with Crippen molar-refractivity contribution in [3.05, 3.63) is 81.8 Å². The first-order valence-corrected chi connectivity index (χ1v) is 11.7. The zero-order valence-electron chi connectivity index (χ0n) is 19.0. The predicted molar refractivity (Wildman–Crippen MR) is 128 cm³/mol. The molecule has 180 valence electrons. The van der Waals surface area contributed by atoms with E-state index in [-0.39, 0.29) is 36.4 Å². The fourth-order valence-electron chi connectivity index (χ4n) is 5.44. The molecule has 2 aliphatic heterocycles. The van der Waals surface area contributed by atoms with Gasteiger partial charge in [0.05, 0.1) is 11.6 Å². The highest BCUT2D eigenvalue weighted by Gasteiger charge is 2.56. The number of amides is 2. The van der Waals surface area contributed by atoms with Gasteiger partial charge in [-0.05, 0) is 23.8 Å². The number of aliphatic hydroxyl groups excluding tert-OH is 1. The van der Waals surface area contributed by atoms with Crippen LogP contribution in [0.1, 0.15) is 24.2 Å². The highest BCUT2D eigenvalue weighted by atomic mass is 35.5. The number of hydrogen-bond donors (Lipinski definition) is 2. The van der Waals surface area contributed by atoms with Crippen LogP contribution in [-0.4, -0.2) is 49.0 Å². The number of aromatic nitrogens is 3. The molecule has 35 heavy (non-hydrogen) atoms. The Bertz CT molecular complexity index is 1350. The van der Waals surface area contributed by atoms with Crippen molar-refractivity contribution in [1.82, 2.24) is 24.8 Å². The summed E-state index contributed by atoms with van der Waals surface area (Å²) >= 11 is 6.21. The summed E-state index contributed by atoms with van der Waals surface area (Å²) in [6.07, 6.45) is 4.54. The lowest BCUT2D eigenvalue weighted by Gasteiger charge is -2.30. The smallest absolute Gasteiger partial charge is 0.258 e. The second-order valence-electron chi connectivity index (χ2n) is 8.85. The van der Waals surface area contributed by atoms with E-state index in [4.69, 9.17) is 11.6 Å². The number of carbonyl (C=O) groups excluding carboxylic acids is 2. The molecule has 2 amide bonds. The van der Waals surface area contributed by atoms with E-state index < -0.39 is 18.0 Å². The quantitative estimate of drug-likeness (QED) is 0.559. The summed E-state index contributed by atoms with van der Waals surface area (Å²) < 4.78 is 1.63. The lowest BCUT2D eigenvalue weighted by atomic mass is 9.88. The molecule has 0 unspecified atom stereocenters. The Kier molecular flexibility index (Phi) is 6.12. The molecule has 10 heteroatoms. The molecule has 0 spiro atoms. The Labute approximate surface area is 206 Å². The summed E-state index contributed by atoms with van der Waals surface area (Å²) in [6.45, 7) is 1.61. The first kappa shape index (κ1) is 23.2. The molecule has 4 atom stereocenters. The lowest BCUT2D eigenvalue weighted by molar-refractivity contribution is -0.140. The van der Waals surface area contributed by atoms with Gasteiger partial charge >= 0.3 is 0 Å². The Morgan fingerprint density at radius 2 is 1.91 bits per heavy atom. The fraction of sp³-hybridized carbons (Fsp3) is 0.320. The van der Waals surface area contributed by atoms with Gasteiger partial charge in [-0.2, -0.15) is 0 Å². The lowest BCUT2D eigenvalue weighted by Crippen LogP contribution is -2.49. The predicted octanol–water partition coefficient (Wildman–Crippen LogP) is 1.79. The van der Waals surface area contributed by atoms with Crippen LogP contribution in [0.3, 0.4) is 0 Å². The molecule has 3 aromatic rings. The highest BCUT2D eigenvalue weighted by Crippen LogP contribution is 2.49. The number of likely N-dealkylation sites (tertiary alicyclic amines) is 1. The molecular weight excluding hydrogens is 470 g/mol. The van der Waals surface area contributed by atoms with E-state index in [0.29, 0.717) is 28.4 Å². The molecule has 0 saturated carbocycles. The van der Waals surface area contributed by atoms with Crippen LogP contribution in [0.15, 0.2) is 59.9 Å². The molecule has 2 aromatic heterocycles. The number of rotatable bonds is 5. The van der Waals surface area contributed by atoms with Gasteiger partial charge in [-0.3, -0.25) is 14.4 Å². The summed E-state index contributed by atoms with van der Waals surface area (Å²) in [5.41, 5.74) is 2.24. The van der Waals surface area contributed by atoms with E-state index >= 15 is 0 Å². The summed E-state index contributed by atoms with van der Waals surface area (Å²) in [4.78, 5) is 48.9. The van der Waals surface area contributed by atoms with Gasteiger partial charge < -0.3 is 19.9 Å². The molecule has 4 heterocycles. The monoisotopic (exact) mass is 493 g/mol. The van der Waals surface area contributed by atoms with Crippen LogP contribution in [0.2, 0.25) is 5.02 Å². The standard InChI is InChI=1S/C25H24ClN5O4/c1-14(33)31-22-18(11-30-21(22)7-6-17(25(30)35)16-8-27-13-28-9-16)19(12-32)23(31)24(34)29-10-15-4-2-3-5-20(15)26/h2-9,13,18-19,22-23,32H,10-12H2,1H3,(H,29,34)/t18-,19-,22+,23-/m1/s1. The second kappa shape index (κ2) is 9.24. The number of nitrogens with one attached hydrogen (secondary N) is 1. The molecule has 5 rings (SSSR count). The van der Waals surface area contributed by atoms with Crippen LogP contribution in [-0.2, 0) is 22.7 Å². The van der Waals surface area contributed by atoms with Crippen molar-refractivity contribution in [2.24, 2.45) is 11.8 Å². The van der Waals surface area contributed by atoms with Gasteiger partial charge in [0.15, 0.2) is 0 Å². The van der Waals surface area contributed by atoms with Crippen LogP contribution in [0.25, 0.3) is 11.1 Å². The third-order valence-electron chi connectivity index (χ3n) is 6.99. The van der Waals surface area contributed by atoms with Gasteiger partial charge in [-0.15, -0.1) is 0 Å². The molecule has 2 aliphatic rings. The molecule has 0 bridgehead atoms. The zero-order valence-corrected chi connectivity index (χ0v) is 19.7. The van der Waals surface area contributed by atoms with E-state index in [9.17, 15) is 19.5 Å². The molecule has 1 aromatic carbocycles. The van der Waals surface area contributed by atoms with Crippen LogP contribution in [0.4, 0.5) is 0 Å². The SMILES string of the molecule is CC(=O)N1[C@@H]2c3ccc(-c4cncnc4)c(=O)n3C[C@@H]2[C@@H](CO)[C@@H]1C(=O)NCc1ccccc1Cl. The number of halogens is 1. The molecule has 1 saturated heterocycles. The van der Waals surface area contributed by atoms with E-state index in [1.165, 1.54) is 18.2 Å². The van der Waals surface area contributed by atoms with Crippen molar-refractivity contribution < 1.29 is 14.7 Å². The summed E-state index contributed by atoms with van der Waals surface area (Å²) in [7, 11) is 0. The van der Waals surface area contributed by atoms with Crippen molar-refractivity contribution in [1.29, 1.82) is 0 Å².